The lowest BCUT2D eigenvalue weighted by Gasteiger charge is -2.41. The molecular formula is C28H36N4O5S. The molecule has 10 heteroatoms. The lowest BCUT2D eigenvalue weighted by Crippen LogP contribution is -2.56. The van der Waals surface area contributed by atoms with E-state index in [1.807, 2.05) is 54.6 Å². The van der Waals surface area contributed by atoms with Crippen LogP contribution in [0.5, 0.6) is 0 Å². The summed E-state index contributed by atoms with van der Waals surface area (Å²) < 4.78 is 32.4. The van der Waals surface area contributed by atoms with Crippen LogP contribution in [0.4, 0.5) is 5.69 Å². The second kappa shape index (κ2) is 11.0. The van der Waals surface area contributed by atoms with Gasteiger partial charge in [0.25, 0.3) is 0 Å². The second-order valence-corrected chi connectivity index (χ2v) is 12.5. The molecule has 1 spiro atoms. The number of piperidine rings is 1. The predicted molar refractivity (Wildman–Crippen MR) is 145 cm³/mol. The van der Waals surface area contributed by atoms with E-state index in [9.17, 15) is 18.0 Å². The zero-order valence-corrected chi connectivity index (χ0v) is 22.7. The zero-order chi connectivity index (χ0) is 26.8. The number of fused-ring (bicyclic) bond motifs is 2. The summed E-state index contributed by atoms with van der Waals surface area (Å²) in [5.41, 5.74) is 2.44. The van der Waals surface area contributed by atoms with Crippen LogP contribution in [0.25, 0.3) is 0 Å². The Hall–Kier alpha value is -2.95. The summed E-state index contributed by atoms with van der Waals surface area (Å²) >= 11 is 0. The van der Waals surface area contributed by atoms with Gasteiger partial charge in [-0.3, -0.25) is 18.8 Å². The maximum atomic E-state index is 13.6. The smallest absolute Gasteiger partial charge is 0.247 e. The van der Waals surface area contributed by atoms with Gasteiger partial charge < -0.3 is 15.0 Å². The van der Waals surface area contributed by atoms with Gasteiger partial charge in [-0.2, -0.15) is 0 Å². The van der Waals surface area contributed by atoms with Crippen molar-refractivity contribution in [2.45, 2.75) is 37.3 Å². The Bertz CT molecular complexity index is 1260. The van der Waals surface area contributed by atoms with E-state index in [2.05, 4.69) is 10.2 Å². The minimum absolute atomic E-state index is 0.0891. The number of rotatable bonds is 9. The van der Waals surface area contributed by atoms with Crippen molar-refractivity contribution in [2.24, 2.45) is 0 Å². The maximum Gasteiger partial charge on any atom is 0.247 e. The molecule has 1 atom stereocenters. The van der Waals surface area contributed by atoms with Crippen LogP contribution in [0.2, 0.25) is 0 Å². The minimum atomic E-state index is -3.40. The number of nitrogens with one attached hydrogen (secondary N) is 1. The minimum Gasteiger partial charge on any atom is -0.374 e. The first kappa shape index (κ1) is 26.6. The van der Waals surface area contributed by atoms with E-state index in [0.717, 1.165) is 36.3 Å². The molecule has 2 amide bonds. The van der Waals surface area contributed by atoms with Gasteiger partial charge in [0.2, 0.25) is 21.8 Å². The molecule has 0 saturated carbocycles. The molecule has 0 radical (unpaired) electrons. The van der Waals surface area contributed by atoms with E-state index in [1.54, 1.807) is 4.90 Å². The molecule has 3 aliphatic rings. The average Bonchev–Trinajstić information content (AvgIpc) is 3.21. The van der Waals surface area contributed by atoms with Crippen LogP contribution >= 0.6 is 0 Å². The Morgan fingerprint density at radius 3 is 2.34 bits per heavy atom. The van der Waals surface area contributed by atoms with Crippen LogP contribution in [0, 0.1) is 0 Å². The van der Waals surface area contributed by atoms with E-state index in [4.69, 9.17) is 4.74 Å². The molecule has 0 bridgehead atoms. The van der Waals surface area contributed by atoms with Crippen molar-refractivity contribution >= 4 is 27.5 Å². The fourth-order valence-electron chi connectivity index (χ4n) is 5.71. The Labute approximate surface area is 224 Å². The molecule has 2 aromatic rings. The number of para-hydroxylation sites is 1. The fraction of sp³-hybridized carbons (Fsp3) is 0.500. The van der Waals surface area contributed by atoms with Gasteiger partial charge >= 0.3 is 0 Å². The highest BCUT2D eigenvalue weighted by atomic mass is 32.2. The molecule has 2 aromatic carbocycles. The van der Waals surface area contributed by atoms with Crippen molar-refractivity contribution in [1.82, 2.24) is 15.1 Å². The standard InChI is InChI=1S/C28H36N4O5S/c1-38(35,36)32-21-28(23-10-5-6-11-25(23)32)12-16-31(17-13-28)27(34)24(29-26(33)18-30-14-7-15-30)20-37-19-22-8-3-2-4-9-22/h2-6,8-11,24H,7,12-21H2,1H3,(H,29,33)/t24-/m1/s1. The number of hydrogen-bond donors (Lipinski definition) is 1. The summed E-state index contributed by atoms with van der Waals surface area (Å²) in [5.74, 6) is -0.329. The van der Waals surface area contributed by atoms with Gasteiger partial charge in [0.1, 0.15) is 6.04 Å². The van der Waals surface area contributed by atoms with Crippen molar-refractivity contribution in [1.29, 1.82) is 0 Å². The number of carbonyl (C=O) groups is 2. The highest BCUT2D eigenvalue weighted by Crippen LogP contribution is 2.47. The molecule has 3 heterocycles. The van der Waals surface area contributed by atoms with Crippen molar-refractivity contribution in [3.8, 4) is 0 Å². The highest BCUT2D eigenvalue weighted by molar-refractivity contribution is 7.92. The van der Waals surface area contributed by atoms with Gasteiger partial charge in [-0.05, 0) is 49.5 Å². The molecule has 9 nitrogen and oxygen atoms in total. The summed E-state index contributed by atoms with van der Waals surface area (Å²) in [6, 6.07) is 16.6. The van der Waals surface area contributed by atoms with E-state index in [-0.39, 0.29) is 30.4 Å². The number of nitrogens with zero attached hydrogens (tertiary/aromatic N) is 3. The van der Waals surface area contributed by atoms with Crippen LogP contribution in [0.3, 0.4) is 0 Å². The number of carbonyl (C=O) groups excluding carboxylic acids is 2. The first-order chi connectivity index (χ1) is 18.2. The number of hydrogen-bond acceptors (Lipinski definition) is 6. The van der Waals surface area contributed by atoms with Crippen molar-refractivity contribution in [3.05, 3.63) is 65.7 Å². The Kier molecular flexibility index (Phi) is 7.74. The highest BCUT2D eigenvalue weighted by Gasteiger charge is 2.47. The monoisotopic (exact) mass is 540 g/mol. The number of ether oxygens (including phenoxy) is 1. The summed E-state index contributed by atoms with van der Waals surface area (Å²) in [6.45, 7) is 3.89. The third-order valence-electron chi connectivity index (χ3n) is 7.97. The number of sulfonamides is 1. The summed E-state index contributed by atoms with van der Waals surface area (Å²) in [7, 11) is -3.40. The largest absolute Gasteiger partial charge is 0.374 e. The molecule has 204 valence electrons. The third kappa shape index (κ3) is 5.72. The molecule has 5 rings (SSSR count). The van der Waals surface area contributed by atoms with E-state index in [1.165, 1.54) is 10.6 Å². The van der Waals surface area contributed by atoms with Gasteiger partial charge in [0.05, 0.1) is 31.7 Å². The number of likely N-dealkylation sites (tertiary alicyclic amines) is 2. The molecule has 0 aliphatic carbocycles. The maximum absolute atomic E-state index is 13.6. The normalized spacial score (nSPS) is 19.6. The van der Waals surface area contributed by atoms with Crippen molar-refractivity contribution in [3.63, 3.8) is 0 Å². The second-order valence-electron chi connectivity index (χ2n) is 10.6. The van der Waals surface area contributed by atoms with E-state index < -0.39 is 16.1 Å². The SMILES string of the molecule is CS(=O)(=O)N1CC2(CCN(C(=O)[C@@H](COCc3ccccc3)NC(=O)CN3CCC3)CC2)c2ccccc21. The molecule has 38 heavy (non-hydrogen) atoms. The van der Waals surface area contributed by atoms with Crippen molar-refractivity contribution < 1.29 is 22.7 Å². The summed E-state index contributed by atoms with van der Waals surface area (Å²) in [5, 5.41) is 2.92. The Morgan fingerprint density at radius 2 is 1.68 bits per heavy atom. The topological polar surface area (TPSA) is 99.3 Å². The van der Waals surface area contributed by atoms with E-state index >= 15 is 0 Å². The van der Waals surface area contributed by atoms with Gasteiger partial charge in [-0.1, -0.05) is 48.5 Å². The van der Waals surface area contributed by atoms with Crippen LogP contribution in [0.1, 0.15) is 30.4 Å². The molecule has 2 saturated heterocycles. The Balaban J connectivity index is 1.25. The first-order valence-corrected chi connectivity index (χ1v) is 15.1. The molecule has 3 aliphatic heterocycles. The fourth-order valence-corrected chi connectivity index (χ4v) is 6.71. The Morgan fingerprint density at radius 1 is 1.00 bits per heavy atom. The number of anilines is 1. The third-order valence-corrected chi connectivity index (χ3v) is 9.09. The lowest BCUT2D eigenvalue weighted by molar-refractivity contribution is -0.140. The molecule has 0 unspecified atom stereocenters. The van der Waals surface area contributed by atoms with Gasteiger partial charge in [-0.15, -0.1) is 0 Å². The molecule has 0 aromatic heterocycles. The van der Waals surface area contributed by atoms with Crippen LogP contribution in [-0.2, 0) is 36.4 Å². The van der Waals surface area contributed by atoms with Gasteiger partial charge in [-0.25, -0.2) is 8.42 Å². The molecular weight excluding hydrogens is 504 g/mol. The average molecular weight is 541 g/mol. The number of amides is 2. The lowest BCUT2D eigenvalue weighted by atomic mass is 9.74. The summed E-state index contributed by atoms with van der Waals surface area (Å²) in [6.07, 6.45) is 3.64. The van der Waals surface area contributed by atoms with E-state index in [0.29, 0.717) is 39.1 Å². The van der Waals surface area contributed by atoms with Crippen LogP contribution in [0.15, 0.2) is 54.6 Å². The van der Waals surface area contributed by atoms with Gasteiger partial charge in [0, 0.05) is 25.0 Å². The van der Waals surface area contributed by atoms with Crippen LogP contribution < -0.4 is 9.62 Å². The molecule has 1 N–H and O–H groups in total. The predicted octanol–water partition coefficient (Wildman–Crippen LogP) is 1.73. The van der Waals surface area contributed by atoms with Crippen molar-refractivity contribution in [2.75, 3.05) is 56.4 Å². The van der Waals surface area contributed by atoms with Gasteiger partial charge in [0.15, 0.2) is 0 Å². The number of benzene rings is 2. The first-order valence-electron chi connectivity index (χ1n) is 13.2. The molecule has 2 fully saturated rings. The zero-order valence-electron chi connectivity index (χ0n) is 21.8. The quantitative estimate of drug-likeness (QED) is 0.520. The van der Waals surface area contributed by atoms with Crippen LogP contribution in [-0.4, -0.2) is 88.2 Å². The summed E-state index contributed by atoms with van der Waals surface area (Å²) in [4.78, 5) is 30.2.